The van der Waals surface area contributed by atoms with Crippen LogP contribution in [-0.2, 0) is 6.42 Å². The van der Waals surface area contributed by atoms with Gasteiger partial charge in [-0.3, -0.25) is 10.1 Å². The maximum absolute atomic E-state index is 11.1. The number of nitro groups is 1. The smallest absolute Gasteiger partial charge is 0.311 e. The number of nitrogens with one attached hydrogen (secondary N) is 2. The van der Waals surface area contributed by atoms with E-state index in [9.17, 15) is 10.1 Å². The summed E-state index contributed by atoms with van der Waals surface area (Å²) >= 11 is 0. The van der Waals surface area contributed by atoms with Crippen LogP contribution in [0.5, 0.6) is 0 Å². The Hall–Kier alpha value is -2.63. The van der Waals surface area contributed by atoms with Crippen molar-refractivity contribution in [3.8, 4) is 0 Å². The number of nitrogens with zero attached hydrogens (tertiary/aromatic N) is 2. The molecule has 1 heterocycles. The molecule has 0 saturated carbocycles. The van der Waals surface area contributed by atoms with Crippen molar-refractivity contribution < 1.29 is 4.92 Å². The highest BCUT2D eigenvalue weighted by molar-refractivity contribution is 5.68. The molecule has 110 valence electrons. The molecule has 6 heteroatoms. The van der Waals surface area contributed by atoms with Gasteiger partial charge in [0.1, 0.15) is 5.82 Å². The van der Waals surface area contributed by atoms with Crippen LogP contribution >= 0.6 is 0 Å². The molecular formula is C15H18N4O2. The fourth-order valence-corrected chi connectivity index (χ4v) is 1.98. The van der Waals surface area contributed by atoms with Gasteiger partial charge in [0.05, 0.1) is 4.92 Å². The van der Waals surface area contributed by atoms with Gasteiger partial charge in [-0.25, -0.2) is 4.98 Å². The number of pyridine rings is 1. The SMILES string of the molecule is CCNc1ccc([N+](=O)[O-])c(Nc2cccc(CC)c2)n1. The third-order valence-electron chi connectivity index (χ3n) is 3.03. The molecular weight excluding hydrogens is 268 g/mol. The molecule has 2 rings (SSSR count). The summed E-state index contributed by atoms with van der Waals surface area (Å²) in [5, 5.41) is 17.2. The minimum absolute atomic E-state index is 0.0430. The number of benzene rings is 1. The molecule has 0 aliphatic rings. The number of rotatable bonds is 6. The van der Waals surface area contributed by atoms with Crippen LogP contribution in [0.15, 0.2) is 36.4 Å². The molecule has 0 atom stereocenters. The molecule has 1 aromatic heterocycles. The van der Waals surface area contributed by atoms with Gasteiger partial charge in [0.2, 0.25) is 5.82 Å². The van der Waals surface area contributed by atoms with Crippen molar-refractivity contribution in [2.45, 2.75) is 20.3 Å². The second-order valence-corrected chi connectivity index (χ2v) is 4.53. The number of hydrogen-bond acceptors (Lipinski definition) is 5. The fraction of sp³-hybridized carbons (Fsp3) is 0.267. The highest BCUT2D eigenvalue weighted by Gasteiger charge is 2.16. The predicted molar refractivity (Wildman–Crippen MR) is 84.2 cm³/mol. The maximum Gasteiger partial charge on any atom is 0.311 e. The highest BCUT2D eigenvalue weighted by atomic mass is 16.6. The lowest BCUT2D eigenvalue weighted by Gasteiger charge is -2.09. The Morgan fingerprint density at radius 2 is 2.05 bits per heavy atom. The molecule has 0 saturated heterocycles. The highest BCUT2D eigenvalue weighted by Crippen LogP contribution is 2.27. The minimum Gasteiger partial charge on any atom is -0.370 e. The zero-order valence-electron chi connectivity index (χ0n) is 12.1. The van der Waals surface area contributed by atoms with Crippen molar-refractivity contribution in [2.75, 3.05) is 17.2 Å². The number of aryl methyl sites for hydroxylation is 1. The lowest BCUT2D eigenvalue weighted by atomic mass is 10.1. The van der Waals surface area contributed by atoms with E-state index < -0.39 is 4.92 Å². The van der Waals surface area contributed by atoms with Gasteiger partial charge in [0.25, 0.3) is 0 Å². The zero-order chi connectivity index (χ0) is 15.2. The van der Waals surface area contributed by atoms with Crippen LogP contribution < -0.4 is 10.6 Å². The molecule has 0 spiro atoms. The van der Waals surface area contributed by atoms with Crippen molar-refractivity contribution >= 4 is 23.0 Å². The molecule has 0 fully saturated rings. The first-order chi connectivity index (χ1) is 10.1. The van der Waals surface area contributed by atoms with E-state index in [1.54, 1.807) is 6.07 Å². The Labute approximate surface area is 123 Å². The van der Waals surface area contributed by atoms with Gasteiger partial charge in [-0.15, -0.1) is 0 Å². The zero-order valence-corrected chi connectivity index (χ0v) is 12.1. The molecule has 2 N–H and O–H groups in total. The molecule has 21 heavy (non-hydrogen) atoms. The quantitative estimate of drug-likeness (QED) is 0.624. The third kappa shape index (κ3) is 3.68. The van der Waals surface area contributed by atoms with Gasteiger partial charge in [0, 0.05) is 18.3 Å². The topological polar surface area (TPSA) is 80.1 Å². The van der Waals surface area contributed by atoms with Crippen LogP contribution in [0.1, 0.15) is 19.4 Å². The summed E-state index contributed by atoms with van der Waals surface area (Å²) in [6, 6.07) is 10.8. The summed E-state index contributed by atoms with van der Waals surface area (Å²) in [5.74, 6) is 0.851. The summed E-state index contributed by atoms with van der Waals surface area (Å²) in [5.41, 5.74) is 1.91. The summed E-state index contributed by atoms with van der Waals surface area (Å²) < 4.78 is 0. The van der Waals surface area contributed by atoms with E-state index in [1.165, 1.54) is 6.07 Å². The first-order valence-corrected chi connectivity index (χ1v) is 6.89. The third-order valence-corrected chi connectivity index (χ3v) is 3.03. The van der Waals surface area contributed by atoms with E-state index in [1.807, 2.05) is 31.2 Å². The van der Waals surface area contributed by atoms with E-state index in [0.717, 1.165) is 17.7 Å². The van der Waals surface area contributed by atoms with Gasteiger partial charge >= 0.3 is 5.69 Å². The maximum atomic E-state index is 11.1. The lowest BCUT2D eigenvalue weighted by molar-refractivity contribution is -0.384. The average Bonchev–Trinajstić information content (AvgIpc) is 2.48. The van der Waals surface area contributed by atoms with Crippen LogP contribution in [-0.4, -0.2) is 16.5 Å². The van der Waals surface area contributed by atoms with Crippen LogP contribution in [0.2, 0.25) is 0 Å². The van der Waals surface area contributed by atoms with Crippen molar-refractivity contribution in [3.63, 3.8) is 0 Å². The Morgan fingerprint density at radius 1 is 1.24 bits per heavy atom. The first kappa shape index (κ1) is 14.8. The lowest BCUT2D eigenvalue weighted by Crippen LogP contribution is -2.04. The van der Waals surface area contributed by atoms with Gasteiger partial charge in [-0.1, -0.05) is 19.1 Å². The van der Waals surface area contributed by atoms with E-state index in [2.05, 4.69) is 22.5 Å². The Kier molecular flexibility index (Phi) is 4.71. The van der Waals surface area contributed by atoms with E-state index in [-0.39, 0.29) is 11.5 Å². The Balaban J connectivity index is 2.35. The van der Waals surface area contributed by atoms with Gasteiger partial charge in [-0.05, 0) is 37.1 Å². The molecule has 0 radical (unpaired) electrons. The summed E-state index contributed by atoms with van der Waals surface area (Å²) in [7, 11) is 0. The molecule has 0 bridgehead atoms. The second kappa shape index (κ2) is 6.69. The molecule has 6 nitrogen and oxygen atoms in total. The van der Waals surface area contributed by atoms with Crippen LogP contribution in [0.25, 0.3) is 0 Å². The van der Waals surface area contributed by atoms with Crippen LogP contribution in [0.4, 0.5) is 23.0 Å². The largest absolute Gasteiger partial charge is 0.370 e. The standard InChI is InChI=1S/C15H18N4O2/c1-3-11-6-5-7-12(10-11)17-15-13(19(20)21)8-9-14(18-15)16-4-2/h5-10H,3-4H2,1-2H3,(H2,16,17,18). The molecule has 0 aliphatic heterocycles. The number of anilines is 3. The number of aromatic nitrogens is 1. The van der Waals surface area contributed by atoms with Gasteiger partial charge < -0.3 is 10.6 Å². The first-order valence-electron chi connectivity index (χ1n) is 6.89. The minimum atomic E-state index is -0.436. The monoisotopic (exact) mass is 286 g/mol. The fourth-order valence-electron chi connectivity index (χ4n) is 1.98. The normalized spacial score (nSPS) is 10.2. The van der Waals surface area contributed by atoms with Crippen LogP contribution in [0, 0.1) is 10.1 Å². The van der Waals surface area contributed by atoms with E-state index >= 15 is 0 Å². The predicted octanol–water partition coefficient (Wildman–Crippen LogP) is 3.73. The van der Waals surface area contributed by atoms with Crippen molar-refractivity contribution in [1.29, 1.82) is 0 Å². The van der Waals surface area contributed by atoms with Crippen molar-refractivity contribution in [3.05, 3.63) is 52.1 Å². The van der Waals surface area contributed by atoms with E-state index in [0.29, 0.717) is 12.4 Å². The Morgan fingerprint density at radius 3 is 2.71 bits per heavy atom. The second-order valence-electron chi connectivity index (χ2n) is 4.53. The van der Waals surface area contributed by atoms with Crippen LogP contribution in [0.3, 0.4) is 0 Å². The molecule has 0 unspecified atom stereocenters. The molecule has 0 amide bonds. The van der Waals surface area contributed by atoms with Gasteiger partial charge in [0.15, 0.2) is 0 Å². The summed E-state index contributed by atoms with van der Waals surface area (Å²) in [4.78, 5) is 14.9. The average molecular weight is 286 g/mol. The summed E-state index contributed by atoms with van der Waals surface area (Å²) in [6.45, 7) is 4.71. The van der Waals surface area contributed by atoms with E-state index in [4.69, 9.17) is 0 Å². The molecule has 0 aliphatic carbocycles. The summed E-state index contributed by atoms with van der Waals surface area (Å²) in [6.07, 6.45) is 0.905. The molecule has 2 aromatic rings. The van der Waals surface area contributed by atoms with Crippen molar-refractivity contribution in [2.24, 2.45) is 0 Å². The number of hydrogen-bond donors (Lipinski definition) is 2. The Bertz CT molecular complexity index is 643. The molecule has 1 aromatic carbocycles. The van der Waals surface area contributed by atoms with Crippen molar-refractivity contribution in [1.82, 2.24) is 4.98 Å². The van der Waals surface area contributed by atoms with Gasteiger partial charge in [-0.2, -0.15) is 0 Å².